The van der Waals surface area contributed by atoms with Crippen LogP contribution in [-0.2, 0) is 13.5 Å². The highest BCUT2D eigenvalue weighted by Crippen LogP contribution is 2.41. The molecular formula is C22H23N2+. The minimum atomic E-state index is -2.10. The first-order valence-corrected chi connectivity index (χ1v) is 8.27. The van der Waals surface area contributed by atoms with E-state index in [0.29, 0.717) is 5.56 Å². The molecule has 0 saturated carbocycles. The summed E-state index contributed by atoms with van der Waals surface area (Å²) in [6.07, 6.45) is 2.61. The normalized spacial score (nSPS) is 14.6. The lowest BCUT2D eigenvalue weighted by Gasteiger charge is -2.12. The van der Waals surface area contributed by atoms with Gasteiger partial charge in [0.05, 0.1) is 5.69 Å². The van der Waals surface area contributed by atoms with E-state index in [9.17, 15) is 0 Å². The number of aryl methyl sites for hydroxylation is 4. The summed E-state index contributed by atoms with van der Waals surface area (Å²) in [7, 11) is 1.91. The van der Waals surface area contributed by atoms with E-state index in [1.807, 2.05) is 31.5 Å². The molecule has 0 unspecified atom stereocenters. The number of pyridine rings is 2. The van der Waals surface area contributed by atoms with Crippen LogP contribution in [0.2, 0.25) is 0 Å². The molecule has 0 fully saturated rings. The quantitative estimate of drug-likeness (QED) is 0.476. The maximum absolute atomic E-state index is 7.74. The van der Waals surface area contributed by atoms with Crippen molar-refractivity contribution in [2.24, 2.45) is 7.05 Å². The maximum Gasteiger partial charge on any atom is 0.212 e. The summed E-state index contributed by atoms with van der Waals surface area (Å²) in [4.78, 5) is 4.71. The molecule has 1 aromatic carbocycles. The Bertz CT molecular complexity index is 1080. The van der Waals surface area contributed by atoms with Gasteiger partial charge in [0.25, 0.3) is 0 Å². The minimum Gasteiger partial charge on any atom is -0.257 e. The number of aromatic nitrogens is 2. The van der Waals surface area contributed by atoms with Gasteiger partial charge in [-0.3, -0.25) is 4.98 Å². The number of hydrogen-bond acceptors (Lipinski definition) is 1. The number of benzene rings is 1. The van der Waals surface area contributed by atoms with E-state index in [0.717, 1.165) is 34.6 Å². The van der Waals surface area contributed by atoms with Crippen LogP contribution in [0.1, 0.15) is 37.8 Å². The van der Waals surface area contributed by atoms with Gasteiger partial charge in [0, 0.05) is 39.0 Å². The SMILES string of the molecule is [2H]C([2H])([2H])c1c[n+](C)c(-c2ccc3c(c2C)-c2ccc(C)nc2C3)cc1C. The summed E-state index contributed by atoms with van der Waals surface area (Å²) in [5, 5.41) is 0. The molecule has 0 saturated heterocycles. The summed E-state index contributed by atoms with van der Waals surface area (Å²) in [5.41, 5.74) is 10.5. The largest absolute Gasteiger partial charge is 0.257 e. The van der Waals surface area contributed by atoms with Crippen molar-refractivity contribution >= 4 is 0 Å². The van der Waals surface area contributed by atoms with Crippen molar-refractivity contribution in [1.82, 2.24) is 4.98 Å². The Kier molecular flexibility index (Phi) is 2.63. The van der Waals surface area contributed by atoms with Gasteiger partial charge < -0.3 is 0 Å². The lowest BCUT2D eigenvalue weighted by atomic mass is 9.93. The summed E-state index contributed by atoms with van der Waals surface area (Å²) in [5.74, 6) is 0. The van der Waals surface area contributed by atoms with E-state index < -0.39 is 6.85 Å². The third-order valence-electron chi connectivity index (χ3n) is 5.05. The Morgan fingerprint density at radius 3 is 2.62 bits per heavy atom. The molecule has 2 nitrogen and oxygen atoms in total. The van der Waals surface area contributed by atoms with Gasteiger partial charge in [0.1, 0.15) is 7.05 Å². The fourth-order valence-electron chi connectivity index (χ4n) is 3.74. The van der Waals surface area contributed by atoms with Crippen LogP contribution in [0.5, 0.6) is 0 Å². The molecule has 3 aromatic rings. The zero-order chi connectivity index (χ0) is 19.5. The molecule has 2 aromatic heterocycles. The highest BCUT2D eigenvalue weighted by molar-refractivity contribution is 5.83. The molecule has 0 atom stereocenters. The first-order valence-electron chi connectivity index (χ1n) is 9.77. The van der Waals surface area contributed by atoms with Crippen molar-refractivity contribution in [2.75, 3.05) is 0 Å². The van der Waals surface area contributed by atoms with E-state index in [4.69, 9.17) is 9.10 Å². The highest BCUT2D eigenvalue weighted by atomic mass is 14.9. The summed E-state index contributed by atoms with van der Waals surface area (Å²) in [6.45, 7) is 3.94. The van der Waals surface area contributed by atoms with Crippen LogP contribution in [0.25, 0.3) is 22.4 Å². The second kappa shape index (κ2) is 5.27. The van der Waals surface area contributed by atoms with Crippen molar-refractivity contribution in [3.05, 3.63) is 70.2 Å². The number of fused-ring (bicyclic) bond motifs is 3. The molecule has 2 heterocycles. The van der Waals surface area contributed by atoms with Crippen molar-refractivity contribution < 1.29 is 8.68 Å². The van der Waals surface area contributed by atoms with Crippen LogP contribution in [0.3, 0.4) is 0 Å². The number of hydrogen-bond donors (Lipinski definition) is 0. The van der Waals surface area contributed by atoms with Crippen LogP contribution >= 0.6 is 0 Å². The van der Waals surface area contributed by atoms with E-state index in [2.05, 4.69) is 31.2 Å². The smallest absolute Gasteiger partial charge is 0.212 e. The minimum absolute atomic E-state index is 0.401. The molecule has 1 aliphatic carbocycles. The van der Waals surface area contributed by atoms with Gasteiger partial charge in [0.15, 0.2) is 6.20 Å². The van der Waals surface area contributed by atoms with Crippen LogP contribution in [-0.4, -0.2) is 4.98 Å². The lowest BCUT2D eigenvalue weighted by Crippen LogP contribution is -2.31. The predicted octanol–water partition coefficient (Wildman–Crippen LogP) is 4.38. The third-order valence-corrected chi connectivity index (χ3v) is 5.05. The van der Waals surface area contributed by atoms with E-state index >= 15 is 0 Å². The van der Waals surface area contributed by atoms with Crippen LogP contribution in [0, 0.1) is 27.6 Å². The molecule has 0 radical (unpaired) electrons. The second-order valence-corrected chi connectivity index (χ2v) is 6.76. The molecule has 0 N–H and O–H groups in total. The van der Waals surface area contributed by atoms with E-state index in [-0.39, 0.29) is 0 Å². The van der Waals surface area contributed by atoms with Crippen molar-refractivity contribution in [3.8, 4) is 22.4 Å². The Hall–Kier alpha value is -2.48. The van der Waals surface area contributed by atoms with Crippen molar-refractivity contribution in [2.45, 2.75) is 34.0 Å². The molecule has 120 valence electrons. The predicted molar refractivity (Wildman–Crippen MR) is 98.0 cm³/mol. The molecular weight excluding hydrogens is 292 g/mol. The fraction of sp³-hybridized carbons (Fsp3) is 0.273. The van der Waals surface area contributed by atoms with Crippen LogP contribution in [0.15, 0.2) is 36.5 Å². The van der Waals surface area contributed by atoms with Gasteiger partial charge in [-0.25, -0.2) is 4.57 Å². The molecule has 0 aliphatic heterocycles. The van der Waals surface area contributed by atoms with Crippen LogP contribution < -0.4 is 4.57 Å². The number of rotatable bonds is 1. The van der Waals surface area contributed by atoms with Gasteiger partial charge >= 0.3 is 0 Å². The molecule has 0 amide bonds. The molecule has 0 spiro atoms. The Morgan fingerprint density at radius 1 is 1.04 bits per heavy atom. The first-order chi connectivity index (χ1) is 12.7. The van der Waals surface area contributed by atoms with E-state index in [1.54, 1.807) is 6.20 Å². The molecule has 2 heteroatoms. The summed E-state index contributed by atoms with van der Waals surface area (Å²) < 4.78 is 25.1. The Labute approximate surface area is 148 Å². The van der Waals surface area contributed by atoms with Crippen LogP contribution in [0.4, 0.5) is 0 Å². The van der Waals surface area contributed by atoms with Crippen molar-refractivity contribution in [1.29, 1.82) is 0 Å². The number of nitrogens with zero attached hydrogens (tertiary/aromatic N) is 2. The average molecular weight is 318 g/mol. The van der Waals surface area contributed by atoms with Crippen molar-refractivity contribution in [3.63, 3.8) is 0 Å². The molecule has 4 rings (SSSR count). The molecule has 0 bridgehead atoms. The first kappa shape index (κ1) is 12.0. The zero-order valence-electron chi connectivity index (χ0n) is 17.6. The molecule has 24 heavy (non-hydrogen) atoms. The van der Waals surface area contributed by atoms with E-state index in [1.165, 1.54) is 22.3 Å². The van der Waals surface area contributed by atoms with Gasteiger partial charge in [-0.05, 0) is 62.0 Å². The second-order valence-electron chi connectivity index (χ2n) is 6.76. The fourth-order valence-corrected chi connectivity index (χ4v) is 3.74. The summed E-state index contributed by atoms with van der Waals surface area (Å²) >= 11 is 0. The zero-order valence-corrected chi connectivity index (χ0v) is 14.6. The van der Waals surface area contributed by atoms with Gasteiger partial charge in [-0.1, -0.05) is 12.1 Å². The van der Waals surface area contributed by atoms with Gasteiger partial charge in [-0.15, -0.1) is 0 Å². The average Bonchev–Trinajstić information content (AvgIpc) is 2.94. The lowest BCUT2D eigenvalue weighted by molar-refractivity contribution is -0.660. The van der Waals surface area contributed by atoms with Gasteiger partial charge in [-0.2, -0.15) is 0 Å². The Balaban J connectivity index is 1.90. The third kappa shape index (κ3) is 2.17. The highest BCUT2D eigenvalue weighted by Gasteiger charge is 2.25. The Morgan fingerprint density at radius 2 is 1.83 bits per heavy atom. The monoisotopic (exact) mass is 318 g/mol. The maximum atomic E-state index is 7.74. The van der Waals surface area contributed by atoms with Gasteiger partial charge in [0.2, 0.25) is 5.69 Å². The topological polar surface area (TPSA) is 16.8 Å². The standard InChI is InChI=1S/C22H23N2/c1-13-10-21(24(5)12-14(13)2)18-9-7-17-11-20-19(22(17)16(18)4)8-6-15(3)23-20/h6-10,12H,11H2,1-5H3/q+1/i2D3. The summed E-state index contributed by atoms with van der Waals surface area (Å²) in [6, 6.07) is 10.6. The molecule has 1 aliphatic rings.